The van der Waals surface area contributed by atoms with Crippen molar-refractivity contribution >= 4 is 5.96 Å². The summed E-state index contributed by atoms with van der Waals surface area (Å²) < 4.78 is 11.0. The highest BCUT2D eigenvalue weighted by atomic mass is 16.5. The Kier molecular flexibility index (Phi) is 8.38. The Morgan fingerprint density at radius 1 is 1.33 bits per heavy atom. The molecule has 2 N–H and O–H groups in total. The minimum atomic E-state index is 0.330. The van der Waals surface area contributed by atoms with Gasteiger partial charge in [-0.1, -0.05) is 0 Å². The highest BCUT2D eigenvalue weighted by Gasteiger charge is 2.16. The van der Waals surface area contributed by atoms with Crippen molar-refractivity contribution in [1.82, 2.24) is 15.6 Å². The van der Waals surface area contributed by atoms with Crippen LogP contribution in [0.3, 0.4) is 0 Å². The second-order valence-electron chi connectivity index (χ2n) is 5.99. The van der Waals surface area contributed by atoms with E-state index in [2.05, 4.69) is 27.5 Å². The molecule has 0 aromatic carbocycles. The lowest BCUT2D eigenvalue weighted by Gasteiger charge is -2.13. The summed E-state index contributed by atoms with van der Waals surface area (Å²) >= 11 is 0. The van der Waals surface area contributed by atoms with Crippen molar-refractivity contribution in [1.29, 1.82) is 0 Å². The summed E-state index contributed by atoms with van der Waals surface area (Å²) in [4.78, 5) is 8.95. The first kappa shape index (κ1) is 18.5. The molecule has 1 aliphatic rings. The summed E-state index contributed by atoms with van der Waals surface area (Å²) in [5.41, 5.74) is 1.10. The van der Waals surface area contributed by atoms with Crippen LogP contribution in [0.4, 0.5) is 0 Å². The Hall–Kier alpha value is -1.82. The lowest BCUT2D eigenvalue weighted by Crippen LogP contribution is -2.38. The van der Waals surface area contributed by atoms with Gasteiger partial charge in [-0.3, -0.25) is 0 Å². The van der Waals surface area contributed by atoms with E-state index in [-0.39, 0.29) is 0 Å². The van der Waals surface area contributed by atoms with Crippen LogP contribution in [0.1, 0.15) is 44.6 Å². The van der Waals surface area contributed by atoms with Crippen LogP contribution >= 0.6 is 0 Å². The summed E-state index contributed by atoms with van der Waals surface area (Å²) in [5.74, 6) is 1.54. The summed E-state index contributed by atoms with van der Waals surface area (Å²) in [7, 11) is 1.72. The normalized spacial score (nSPS) is 15.5. The molecular formula is C18H30N4O2. The highest BCUT2D eigenvalue weighted by molar-refractivity contribution is 5.79. The third-order valence-corrected chi connectivity index (χ3v) is 3.97. The fourth-order valence-electron chi connectivity index (χ4n) is 2.73. The molecule has 0 bridgehead atoms. The van der Waals surface area contributed by atoms with Crippen molar-refractivity contribution in [2.45, 2.75) is 51.7 Å². The van der Waals surface area contributed by atoms with Gasteiger partial charge in [-0.25, -0.2) is 9.98 Å². The molecule has 1 heterocycles. The Bertz CT molecular complexity index is 502. The van der Waals surface area contributed by atoms with Crippen LogP contribution in [0, 0.1) is 0 Å². The van der Waals surface area contributed by atoms with Crippen LogP contribution in [0.5, 0.6) is 5.88 Å². The highest BCUT2D eigenvalue weighted by Crippen LogP contribution is 2.23. The monoisotopic (exact) mass is 334 g/mol. The quantitative estimate of drug-likeness (QED) is 0.413. The average molecular weight is 334 g/mol. The molecule has 1 aromatic rings. The number of hydrogen-bond acceptors (Lipinski definition) is 4. The fourth-order valence-corrected chi connectivity index (χ4v) is 2.73. The van der Waals surface area contributed by atoms with Gasteiger partial charge < -0.3 is 20.1 Å². The predicted molar refractivity (Wildman–Crippen MR) is 96.4 cm³/mol. The molecule has 0 atom stereocenters. The molecule has 6 nitrogen and oxygen atoms in total. The van der Waals surface area contributed by atoms with Crippen LogP contribution < -0.4 is 15.4 Å². The standard InChI is InChI=1S/C18H30N4O2/c1-3-19-18(21-10-6-12-23-2)22-14-15-9-11-20-17(13-15)24-16-7-4-5-8-16/h9,11,13,16H,3-8,10,12,14H2,1-2H3,(H2,19,21,22). The van der Waals surface area contributed by atoms with Crippen LogP contribution in [0.2, 0.25) is 0 Å². The van der Waals surface area contributed by atoms with Crippen LogP contribution in [-0.4, -0.2) is 43.9 Å². The number of aliphatic imine (C=N–C) groups is 1. The van der Waals surface area contributed by atoms with E-state index in [4.69, 9.17) is 9.47 Å². The molecule has 1 saturated carbocycles. The van der Waals surface area contributed by atoms with E-state index < -0.39 is 0 Å². The van der Waals surface area contributed by atoms with Gasteiger partial charge in [-0.2, -0.15) is 0 Å². The summed E-state index contributed by atoms with van der Waals surface area (Å²) in [6.07, 6.45) is 7.88. The predicted octanol–water partition coefficient (Wildman–Crippen LogP) is 2.49. The van der Waals surface area contributed by atoms with Gasteiger partial charge in [0.25, 0.3) is 0 Å². The second-order valence-corrected chi connectivity index (χ2v) is 5.99. The third-order valence-electron chi connectivity index (χ3n) is 3.97. The molecule has 0 aliphatic heterocycles. The SMILES string of the molecule is CCNC(=NCc1ccnc(OC2CCCC2)c1)NCCCOC. The molecule has 1 aliphatic carbocycles. The van der Waals surface area contributed by atoms with E-state index in [0.717, 1.165) is 50.5 Å². The van der Waals surface area contributed by atoms with Crippen molar-refractivity contribution < 1.29 is 9.47 Å². The number of guanidine groups is 1. The van der Waals surface area contributed by atoms with Gasteiger partial charge in [0.15, 0.2) is 5.96 Å². The minimum absolute atomic E-state index is 0.330. The van der Waals surface area contributed by atoms with Crippen LogP contribution in [-0.2, 0) is 11.3 Å². The van der Waals surface area contributed by atoms with Gasteiger partial charge in [0.1, 0.15) is 6.10 Å². The van der Waals surface area contributed by atoms with E-state index in [0.29, 0.717) is 18.5 Å². The summed E-state index contributed by atoms with van der Waals surface area (Å²) in [6, 6.07) is 3.98. The first-order chi connectivity index (χ1) is 11.8. The first-order valence-corrected chi connectivity index (χ1v) is 8.94. The Labute approximate surface area is 145 Å². The van der Waals surface area contributed by atoms with Crippen molar-refractivity contribution in [3.05, 3.63) is 23.9 Å². The summed E-state index contributed by atoms with van der Waals surface area (Å²) in [5, 5.41) is 6.57. The maximum absolute atomic E-state index is 5.96. The number of nitrogens with zero attached hydrogens (tertiary/aromatic N) is 2. The average Bonchev–Trinajstić information content (AvgIpc) is 3.10. The molecule has 0 saturated heterocycles. The van der Waals surface area contributed by atoms with Crippen LogP contribution in [0.25, 0.3) is 0 Å². The van der Waals surface area contributed by atoms with Crippen LogP contribution in [0.15, 0.2) is 23.3 Å². The minimum Gasteiger partial charge on any atom is -0.474 e. The number of methoxy groups -OCH3 is 1. The maximum atomic E-state index is 5.96. The first-order valence-electron chi connectivity index (χ1n) is 8.94. The molecule has 2 rings (SSSR count). The van der Waals surface area contributed by atoms with Crippen molar-refractivity contribution in [3.8, 4) is 5.88 Å². The molecule has 24 heavy (non-hydrogen) atoms. The Balaban J connectivity index is 1.87. The number of pyridine rings is 1. The van der Waals surface area contributed by atoms with Gasteiger partial charge in [0.2, 0.25) is 5.88 Å². The molecule has 6 heteroatoms. The molecule has 134 valence electrons. The lowest BCUT2D eigenvalue weighted by molar-refractivity contribution is 0.195. The largest absolute Gasteiger partial charge is 0.474 e. The number of hydrogen-bond donors (Lipinski definition) is 2. The number of aromatic nitrogens is 1. The molecule has 0 radical (unpaired) electrons. The van der Waals surface area contributed by atoms with E-state index >= 15 is 0 Å². The zero-order valence-electron chi connectivity index (χ0n) is 14.9. The van der Waals surface area contributed by atoms with Crippen molar-refractivity contribution in [2.75, 3.05) is 26.8 Å². The number of ether oxygens (including phenoxy) is 2. The zero-order chi connectivity index (χ0) is 17.0. The van der Waals surface area contributed by atoms with Gasteiger partial charge in [-0.15, -0.1) is 0 Å². The molecule has 0 unspecified atom stereocenters. The maximum Gasteiger partial charge on any atom is 0.213 e. The third kappa shape index (κ3) is 6.74. The van der Waals surface area contributed by atoms with Crippen molar-refractivity contribution in [3.63, 3.8) is 0 Å². The lowest BCUT2D eigenvalue weighted by atomic mass is 10.2. The van der Waals surface area contributed by atoms with Gasteiger partial charge in [0.05, 0.1) is 6.54 Å². The van der Waals surface area contributed by atoms with Gasteiger partial charge in [-0.05, 0) is 50.7 Å². The number of rotatable bonds is 9. The van der Waals surface area contributed by atoms with E-state index in [1.807, 2.05) is 12.1 Å². The Morgan fingerprint density at radius 2 is 2.17 bits per heavy atom. The summed E-state index contributed by atoms with van der Waals surface area (Å²) in [6.45, 7) is 5.09. The topological polar surface area (TPSA) is 67.8 Å². The molecule has 0 amide bonds. The van der Waals surface area contributed by atoms with Crippen molar-refractivity contribution in [2.24, 2.45) is 4.99 Å². The van der Waals surface area contributed by atoms with Gasteiger partial charge >= 0.3 is 0 Å². The smallest absolute Gasteiger partial charge is 0.213 e. The molecule has 0 spiro atoms. The van der Waals surface area contributed by atoms with Gasteiger partial charge in [0, 0.05) is 39.1 Å². The fraction of sp³-hybridized carbons (Fsp3) is 0.667. The molecule has 1 aromatic heterocycles. The number of nitrogens with one attached hydrogen (secondary N) is 2. The zero-order valence-corrected chi connectivity index (χ0v) is 14.9. The Morgan fingerprint density at radius 3 is 2.92 bits per heavy atom. The second kappa shape index (κ2) is 10.9. The van der Waals surface area contributed by atoms with E-state index in [9.17, 15) is 0 Å². The molecule has 1 fully saturated rings. The molecular weight excluding hydrogens is 304 g/mol. The van der Waals surface area contributed by atoms with E-state index in [1.54, 1.807) is 13.3 Å². The van der Waals surface area contributed by atoms with E-state index in [1.165, 1.54) is 12.8 Å².